The highest BCUT2D eigenvalue weighted by Gasteiger charge is 2.41. The number of fused-ring (bicyclic) bond motifs is 1. The van der Waals surface area contributed by atoms with Crippen LogP contribution in [0.1, 0.15) is 32.1 Å². The van der Waals surface area contributed by atoms with Gasteiger partial charge in [0.15, 0.2) is 0 Å². The van der Waals surface area contributed by atoms with Crippen molar-refractivity contribution >= 4 is 0 Å². The van der Waals surface area contributed by atoms with Crippen LogP contribution in [-0.2, 0) is 4.74 Å². The molecular weight excluding hydrogens is 188 g/mol. The van der Waals surface area contributed by atoms with E-state index in [0.29, 0.717) is 6.61 Å². The smallest absolute Gasteiger partial charge is 0.107 e. The fourth-order valence-corrected chi connectivity index (χ4v) is 2.87. The summed E-state index contributed by atoms with van der Waals surface area (Å²) in [7, 11) is 0. The van der Waals surface area contributed by atoms with Crippen LogP contribution in [0, 0.1) is 17.8 Å². The molecule has 15 heavy (non-hydrogen) atoms. The minimum Gasteiger partial charge on any atom is -0.389 e. The van der Waals surface area contributed by atoms with E-state index in [-0.39, 0.29) is 11.5 Å². The molecule has 0 aromatic heterocycles. The minimum atomic E-state index is -0.237. The Morgan fingerprint density at radius 1 is 1.60 bits per heavy atom. The molecule has 2 aliphatic carbocycles. The van der Waals surface area contributed by atoms with Crippen molar-refractivity contribution in [1.82, 2.24) is 0 Å². The van der Waals surface area contributed by atoms with Crippen LogP contribution in [0.4, 0.5) is 0 Å². The molecule has 1 fully saturated rings. The molecule has 2 aliphatic rings. The summed E-state index contributed by atoms with van der Waals surface area (Å²) >= 11 is 0. The molecule has 0 aromatic rings. The first-order chi connectivity index (χ1) is 7.27. The van der Waals surface area contributed by atoms with Gasteiger partial charge in [0.25, 0.3) is 0 Å². The first kappa shape index (κ1) is 10.7. The zero-order valence-electron chi connectivity index (χ0n) is 9.04. The Labute approximate surface area is 91.3 Å². The Morgan fingerprint density at radius 2 is 2.47 bits per heavy atom. The van der Waals surface area contributed by atoms with Crippen LogP contribution >= 0.6 is 0 Å². The van der Waals surface area contributed by atoms with Crippen molar-refractivity contribution in [3.63, 3.8) is 0 Å². The maximum atomic E-state index is 9.59. The third-order valence-corrected chi connectivity index (χ3v) is 3.66. The number of aliphatic hydroxyl groups is 1. The average Bonchev–Trinajstić information content (AvgIpc) is 2.62. The van der Waals surface area contributed by atoms with Gasteiger partial charge in [0.05, 0.1) is 12.7 Å². The summed E-state index contributed by atoms with van der Waals surface area (Å²) in [6.07, 6.45) is 12.4. The van der Waals surface area contributed by atoms with Crippen molar-refractivity contribution in [3.8, 4) is 12.3 Å². The highest BCUT2D eigenvalue weighted by molar-refractivity contribution is 5.24. The van der Waals surface area contributed by atoms with E-state index >= 15 is 0 Å². The molecule has 0 bridgehead atoms. The standard InChI is InChI=1S/C13H18O2/c1-2-8-15-10-13-6-3-4-11(13)9-12(14)5-7-13/h1,9,12,14H,3-8,10H2/t12-,13-/m0/s1. The van der Waals surface area contributed by atoms with Crippen LogP contribution in [0.2, 0.25) is 0 Å². The predicted molar refractivity (Wildman–Crippen MR) is 59.3 cm³/mol. The Balaban J connectivity index is 2.05. The SMILES string of the molecule is C#CCOC[C@@]12CCCC1=C[C@@H](O)CC2. The zero-order chi connectivity index (χ0) is 10.7. The van der Waals surface area contributed by atoms with Gasteiger partial charge in [-0.05, 0) is 32.1 Å². The molecule has 1 N–H and O–H groups in total. The molecule has 0 amide bonds. The lowest BCUT2D eigenvalue weighted by atomic mass is 9.74. The second-order valence-electron chi connectivity index (χ2n) is 4.63. The van der Waals surface area contributed by atoms with Gasteiger partial charge < -0.3 is 9.84 Å². The van der Waals surface area contributed by atoms with E-state index in [9.17, 15) is 5.11 Å². The fraction of sp³-hybridized carbons (Fsp3) is 0.692. The zero-order valence-corrected chi connectivity index (χ0v) is 9.04. The van der Waals surface area contributed by atoms with Gasteiger partial charge in [-0.25, -0.2) is 0 Å². The highest BCUT2D eigenvalue weighted by atomic mass is 16.5. The molecule has 0 heterocycles. The summed E-state index contributed by atoms with van der Waals surface area (Å²) in [6, 6.07) is 0. The minimum absolute atomic E-state index is 0.204. The van der Waals surface area contributed by atoms with Crippen LogP contribution in [-0.4, -0.2) is 24.4 Å². The predicted octanol–water partition coefficient (Wildman–Crippen LogP) is 1.89. The molecule has 0 aromatic carbocycles. The molecule has 2 nitrogen and oxygen atoms in total. The van der Waals surface area contributed by atoms with E-state index in [0.717, 1.165) is 25.9 Å². The maximum Gasteiger partial charge on any atom is 0.107 e. The van der Waals surface area contributed by atoms with Gasteiger partial charge in [0, 0.05) is 5.41 Å². The van der Waals surface area contributed by atoms with E-state index in [1.54, 1.807) is 0 Å². The summed E-state index contributed by atoms with van der Waals surface area (Å²) in [5, 5.41) is 9.59. The summed E-state index contributed by atoms with van der Waals surface area (Å²) in [4.78, 5) is 0. The Morgan fingerprint density at radius 3 is 3.27 bits per heavy atom. The summed E-state index contributed by atoms with van der Waals surface area (Å²) in [5.41, 5.74) is 1.61. The van der Waals surface area contributed by atoms with E-state index in [1.165, 1.54) is 18.4 Å². The lowest BCUT2D eigenvalue weighted by molar-refractivity contribution is 0.0630. The van der Waals surface area contributed by atoms with Gasteiger partial charge in [-0.3, -0.25) is 0 Å². The highest BCUT2D eigenvalue weighted by Crippen LogP contribution is 2.49. The van der Waals surface area contributed by atoms with Gasteiger partial charge in [-0.1, -0.05) is 17.6 Å². The lowest BCUT2D eigenvalue weighted by Crippen LogP contribution is -2.31. The van der Waals surface area contributed by atoms with Crippen LogP contribution in [0.25, 0.3) is 0 Å². The van der Waals surface area contributed by atoms with Gasteiger partial charge in [-0.2, -0.15) is 0 Å². The van der Waals surface area contributed by atoms with Crippen molar-refractivity contribution in [2.24, 2.45) is 5.41 Å². The Kier molecular flexibility index (Phi) is 3.14. The molecule has 0 aliphatic heterocycles. The number of ether oxygens (including phenoxy) is 1. The van der Waals surface area contributed by atoms with Crippen LogP contribution in [0.5, 0.6) is 0 Å². The van der Waals surface area contributed by atoms with Crippen molar-refractivity contribution in [1.29, 1.82) is 0 Å². The van der Waals surface area contributed by atoms with E-state index in [1.807, 2.05) is 6.08 Å². The summed E-state index contributed by atoms with van der Waals surface area (Å²) in [6.45, 7) is 1.13. The molecule has 82 valence electrons. The Bertz CT molecular complexity index is 300. The first-order valence-corrected chi connectivity index (χ1v) is 5.67. The molecule has 0 unspecified atom stereocenters. The maximum absolute atomic E-state index is 9.59. The molecule has 2 atom stereocenters. The molecule has 2 heteroatoms. The first-order valence-electron chi connectivity index (χ1n) is 5.67. The van der Waals surface area contributed by atoms with Crippen molar-refractivity contribution in [2.75, 3.05) is 13.2 Å². The molecule has 2 rings (SSSR count). The van der Waals surface area contributed by atoms with E-state index in [2.05, 4.69) is 5.92 Å². The molecule has 0 spiro atoms. The van der Waals surface area contributed by atoms with E-state index < -0.39 is 0 Å². The van der Waals surface area contributed by atoms with Crippen LogP contribution < -0.4 is 0 Å². The second-order valence-corrected chi connectivity index (χ2v) is 4.63. The third kappa shape index (κ3) is 2.09. The third-order valence-electron chi connectivity index (χ3n) is 3.66. The average molecular weight is 206 g/mol. The number of terminal acetylenes is 1. The quantitative estimate of drug-likeness (QED) is 0.434. The molecule has 0 radical (unpaired) electrons. The number of hydrogen-bond acceptors (Lipinski definition) is 2. The molecule has 0 saturated heterocycles. The van der Waals surface area contributed by atoms with Crippen LogP contribution in [0.3, 0.4) is 0 Å². The normalized spacial score (nSPS) is 34.4. The Hall–Kier alpha value is -0.780. The topological polar surface area (TPSA) is 29.5 Å². The van der Waals surface area contributed by atoms with Crippen molar-refractivity contribution < 1.29 is 9.84 Å². The number of aliphatic hydroxyl groups excluding tert-OH is 1. The summed E-state index contributed by atoms with van der Waals surface area (Å²) in [5.74, 6) is 2.50. The van der Waals surface area contributed by atoms with Gasteiger partial charge >= 0.3 is 0 Å². The lowest BCUT2D eigenvalue weighted by Gasteiger charge is -2.35. The van der Waals surface area contributed by atoms with Gasteiger partial charge in [0.1, 0.15) is 6.61 Å². The van der Waals surface area contributed by atoms with E-state index in [4.69, 9.17) is 11.2 Å². The number of rotatable bonds is 3. The molecule has 1 saturated carbocycles. The van der Waals surface area contributed by atoms with Crippen molar-refractivity contribution in [3.05, 3.63) is 11.6 Å². The fourth-order valence-electron chi connectivity index (χ4n) is 2.87. The largest absolute Gasteiger partial charge is 0.389 e. The number of hydrogen-bond donors (Lipinski definition) is 1. The molecular formula is C13H18O2. The second kappa shape index (κ2) is 4.38. The van der Waals surface area contributed by atoms with Crippen LogP contribution in [0.15, 0.2) is 11.6 Å². The van der Waals surface area contributed by atoms with Gasteiger partial charge in [-0.15, -0.1) is 6.42 Å². The van der Waals surface area contributed by atoms with Crippen molar-refractivity contribution in [2.45, 2.75) is 38.2 Å². The van der Waals surface area contributed by atoms with Gasteiger partial charge in [0.2, 0.25) is 0 Å². The monoisotopic (exact) mass is 206 g/mol. The summed E-state index contributed by atoms with van der Waals surface area (Å²) < 4.78 is 5.50.